The molecule has 1 saturated heterocycles. The average molecular weight is 340 g/mol. The molecule has 3 heterocycles. The summed E-state index contributed by atoms with van der Waals surface area (Å²) in [5, 5.41) is 19.0. The van der Waals surface area contributed by atoms with E-state index >= 15 is 0 Å². The van der Waals surface area contributed by atoms with E-state index in [1.807, 2.05) is 37.3 Å². The van der Waals surface area contributed by atoms with E-state index in [1.165, 1.54) is 0 Å². The largest absolute Gasteiger partial charge is 0.343 e. The summed E-state index contributed by atoms with van der Waals surface area (Å²) in [5.74, 6) is 1.88. The maximum absolute atomic E-state index is 11.8. The van der Waals surface area contributed by atoms with Crippen molar-refractivity contribution in [1.29, 1.82) is 0 Å². The Hall–Kier alpha value is -2.97. The third-order valence-corrected chi connectivity index (χ3v) is 4.70. The Morgan fingerprint density at radius 3 is 2.68 bits per heavy atom. The minimum absolute atomic E-state index is 0.132. The molecule has 0 spiro atoms. The Kier molecular flexibility index (Phi) is 4.04. The first kappa shape index (κ1) is 15.6. The normalized spacial score (nSPS) is 15.6. The fraction of sp³-hybridized carbons (Fsp3) is 0.438. The lowest BCUT2D eigenvalue weighted by atomic mass is 9.96. The lowest BCUT2D eigenvalue weighted by molar-refractivity contribution is 0.459. The van der Waals surface area contributed by atoms with Gasteiger partial charge >= 0.3 is 5.69 Å². The van der Waals surface area contributed by atoms with Gasteiger partial charge in [0.05, 0.1) is 5.69 Å². The summed E-state index contributed by atoms with van der Waals surface area (Å²) in [4.78, 5) is 14.0. The van der Waals surface area contributed by atoms with Gasteiger partial charge in [0.15, 0.2) is 0 Å². The topological polar surface area (TPSA) is 97.5 Å². The number of hydrogen-bond acceptors (Lipinski definition) is 6. The van der Waals surface area contributed by atoms with Crippen LogP contribution in [0.4, 0.5) is 5.95 Å². The predicted octanol–water partition coefficient (Wildman–Crippen LogP) is 0.951. The van der Waals surface area contributed by atoms with Crippen LogP contribution in [0, 0.1) is 0 Å². The molecule has 1 aromatic carbocycles. The third-order valence-electron chi connectivity index (χ3n) is 4.70. The monoisotopic (exact) mass is 340 g/mol. The fourth-order valence-corrected chi connectivity index (χ4v) is 3.40. The van der Waals surface area contributed by atoms with Gasteiger partial charge < -0.3 is 4.90 Å². The number of tetrazole rings is 1. The number of nitrogens with zero attached hydrogens (tertiary/aromatic N) is 7. The van der Waals surface area contributed by atoms with Crippen molar-refractivity contribution in [2.75, 3.05) is 18.0 Å². The zero-order valence-electron chi connectivity index (χ0n) is 14.0. The van der Waals surface area contributed by atoms with Crippen molar-refractivity contribution in [3.63, 3.8) is 0 Å². The predicted molar refractivity (Wildman–Crippen MR) is 91.9 cm³/mol. The molecule has 130 valence electrons. The van der Waals surface area contributed by atoms with Gasteiger partial charge in [0.2, 0.25) is 5.95 Å². The average Bonchev–Trinajstić information content (AvgIpc) is 3.29. The highest BCUT2D eigenvalue weighted by molar-refractivity contribution is 5.40. The number of para-hydroxylation sites is 1. The lowest BCUT2D eigenvalue weighted by Crippen LogP contribution is -2.36. The van der Waals surface area contributed by atoms with Crippen LogP contribution >= 0.6 is 0 Å². The summed E-state index contributed by atoms with van der Waals surface area (Å²) >= 11 is 0. The smallest absolute Gasteiger partial charge is 0.339 e. The maximum atomic E-state index is 11.8. The SMILES string of the molecule is CCn1c(C2CCN(c3nnnn3-c3ccccc3)CC2)n[nH]c1=O. The minimum atomic E-state index is -0.132. The van der Waals surface area contributed by atoms with Crippen molar-refractivity contribution in [2.24, 2.45) is 0 Å². The molecule has 1 fully saturated rings. The lowest BCUT2D eigenvalue weighted by Gasteiger charge is -2.31. The highest BCUT2D eigenvalue weighted by Gasteiger charge is 2.27. The molecule has 25 heavy (non-hydrogen) atoms. The number of rotatable bonds is 4. The van der Waals surface area contributed by atoms with Crippen LogP contribution in [0.5, 0.6) is 0 Å². The molecule has 1 aliphatic rings. The Morgan fingerprint density at radius 1 is 1.20 bits per heavy atom. The molecule has 0 saturated carbocycles. The molecule has 0 bridgehead atoms. The third kappa shape index (κ3) is 2.81. The summed E-state index contributed by atoms with van der Waals surface area (Å²) in [7, 11) is 0. The summed E-state index contributed by atoms with van der Waals surface area (Å²) in [6, 6.07) is 9.87. The van der Waals surface area contributed by atoms with Crippen molar-refractivity contribution in [1.82, 2.24) is 35.0 Å². The number of aromatic amines is 1. The van der Waals surface area contributed by atoms with Crippen molar-refractivity contribution >= 4 is 5.95 Å². The van der Waals surface area contributed by atoms with Gasteiger partial charge in [-0.25, -0.2) is 9.89 Å². The molecule has 1 N–H and O–H groups in total. The van der Waals surface area contributed by atoms with Gasteiger partial charge in [-0.1, -0.05) is 23.3 Å². The molecular formula is C16H20N8O. The molecule has 9 heteroatoms. The highest BCUT2D eigenvalue weighted by Crippen LogP contribution is 2.28. The van der Waals surface area contributed by atoms with Crippen molar-refractivity contribution in [2.45, 2.75) is 32.2 Å². The molecule has 0 amide bonds. The van der Waals surface area contributed by atoms with E-state index in [-0.39, 0.29) is 11.6 Å². The van der Waals surface area contributed by atoms with Crippen LogP contribution in [-0.4, -0.2) is 48.1 Å². The molecule has 9 nitrogen and oxygen atoms in total. The van der Waals surface area contributed by atoms with E-state index < -0.39 is 0 Å². The zero-order valence-corrected chi connectivity index (χ0v) is 14.0. The van der Waals surface area contributed by atoms with Gasteiger partial charge in [-0.15, -0.1) is 0 Å². The van der Waals surface area contributed by atoms with Gasteiger partial charge in [-0.3, -0.25) is 4.57 Å². The van der Waals surface area contributed by atoms with E-state index in [0.29, 0.717) is 6.54 Å². The summed E-state index contributed by atoms with van der Waals surface area (Å²) in [6.07, 6.45) is 1.82. The van der Waals surface area contributed by atoms with E-state index in [0.717, 1.165) is 43.4 Å². The Bertz CT molecular complexity index is 888. The fourth-order valence-electron chi connectivity index (χ4n) is 3.40. The molecular weight excluding hydrogens is 320 g/mol. The highest BCUT2D eigenvalue weighted by atomic mass is 16.1. The van der Waals surface area contributed by atoms with E-state index in [9.17, 15) is 4.79 Å². The molecule has 0 radical (unpaired) electrons. The number of benzene rings is 1. The number of anilines is 1. The van der Waals surface area contributed by atoms with Crippen LogP contribution in [0.1, 0.15) is 31.5 Å². The van der Waals surface area contributed by atoms with Crippen LogP contribution in [0.15, 0.2) is 35.1 Å². The number of hydrogen-bond donors (Lipinski definition) is 1. The van der Waals surface area contributed by atoms with E-state index in [4.69, 9.17) is 0 Å². The maximum Gasteiger partial charge on any atom is 0.343 e. The van der Waals surface area contributed by atoms with Crippen LogP contribution in [0.3, 0.4) is 0 Å². The van der Waals surface area contributed by atoms with Gasteiger partial charge in [0.1, 0.15) is 5.82 Å². The van der Waals surface area contributed by atoms with Gasteiger partial charge in [0, 0.05) is 25.6 Å². The first-order valence-corrected chi connectivity index (χ1v) is 8.51. The molecule has 2 aromatic heterocycles. The van der Waals surface area contributed by atoms with Gasteiger partial charge in [-0.05, 0) is 42.3 Å². The quantitative estimate of drug-likeness (QED) is 0.759. The van der Waals surface area contributed by atoms with Gasteiger partial charge in [-0.2, -0.15) is 9.78 Å². The minimum Gasteiger partial charge on any atom is -0.339 e. The summed E-state index contributed by atoms with van der Waals surface area (Å²) < 4.78 is 3.48. The second-order valence-corrected chi connectivity index (χ2v) is 6.12. The van der Waals surface area contributed by atoms with Crippen LogP contribution < -0.4 is 10.6 Å². The summed E-state index contributed by atoms with van der Waals surface area (Å²) in [5.41, 5.74) is 0.810. The molecule has 0 aliphatic carbocycles. The van der Waals surface area contributed by atoms with Gasteiger partial charge in [0.25, 0.3) is 0 Å². The Morgan fingerprint density at radius 2 is 1.96 bits per heavy atom. The molecule has 1 aliphatic heterocycles. The summed E-state index contributed by atoms with van der Waals surface area (Å²) in [6.45, 7) is 4.24. The number of nitrogens with one attached hydrogen (secondary N) is 1. The van der Waals surface area contributed by atoms with Crippen LogP contribution in [-0.2, 0) is 6.54 Å². The van der Waals surface area contributed by atoms with E-state index in [1.54, 1.807) is 9.25 Å². The molecule has 3 aromatic rings. The van der Waals surface area contributed by atoms with E-state index in [2.05, 4.69) is 30.6 Å². The Balaban J connectivity index is 1.52. The first-order chi connectivity index (χ1) is 12.3. The second-order valence-electron chi connectivity index (χ2n) is 6.12. The Labute approximate surface area is 144 Å². The molecule has 0 unspecified atom stereocenters. The number of H-pyrrole nitrogens is 1. The van der Waals surface area contributed by atoms with Crippen molar-refractivity contribution in [3.8, 4) is 5.69 Å². The number of piperidine rings is 1. The van der Waals surface area contributed by atoms with Crippen molar-refractivity contribution < 1.29 is 0 Å². The number of aromatic nitrogens is 7. The standard InChI is InChI=1S/C16H20N8O/c1-2-23-14(17-19-16(23)25)12-8-10-22(11-9-12)15-18-20-21-24(15)13-6-4-3-5-7-13/h3-7,12H,2,8-11H2,1H3,(H,19,25). The second kappa shape index (κ2) is 6.50. The van der Waals surface area contributed by atoms with Crippen LogP contribution in [0.25, 0.3) is 5.69 Å². The molecule has 0 atom stereocenters. The van der Waals surface area contributed by atoms with Crippen LogP contribution in [0.2, 0.25) is 0 Å². The van der Waals surface area contributed by atoms with Crippen molar-refractivity contribution in [3.05, 3.63) is 46.6 Å². The zero-order chi connectivity index (χ0) is 17.2. The molecule has 4 rings (SSSR count). The first-order valence-electron chi connectivity index (χ1n) is 8.51.